The lowest BCUT2D eigenvalue weighted by Gasteiger charge is -2.02. The van der Waals surface area contributed by atoms with Crippen molar-refractivity contribution in [2.75, 3.05) is 10.7 Å². The molecule has 2 aromatic heterocycles. The Morgan fingerprint density at radius 3 is 2.87 bits per heavy atom. The zero-order valence-electron chi connectivity index (χ0n) is 11.9. The molecule has 6 nitrogen and oxygen atoms in total. The lowest BCUT2D eigenvalue weighted by atomic mass is 10.2. The van der Waals surface area contributed by atoms with Crippen molar-refractivity contribution in [3.05, 3.63) is 54.3 Å². The van der Waals surface area contributed by atoms with Gasteiger partial charge < -0.3 is 9.73 Å². The SMILES string of the molecule is NNc1nc2cc(NC(=O)c3cc4ccccc4o3)ccc2s1. The van der Waals surface area contributed by atoms with Crippen LogP contribution in [0.15, 0.2) is 52.9 Å². The van der Waals surface area contributed by atoms with Gasteiger partial charge in [-0.3, -0.25) is 10.2 Å². The molecule has 7 heteroatoms. The number of hydrogen-bond donors (Lipinski definition) is 3. The third kappa shape index (κ3) is 2.52. The van der Waals surface area contributed by atoms with Gasteiger partial charge in [-0.2, -0.15) is 0 Å². The summed E-state index contributed by atoms with van der Waals surface area (Å²) in [5.41, 5.74) is 4.63. The molecule has 0 bridgehead atoms. The molecule has 4 aromatic rings. The van der Waals surface area contributed by atoms with Crippen LogP contribution in [0.1, 0.15) is 10.6 Å². The standard InChI is InChI=1S/C16H12N4O2S/c17-20-16-19-11-8-10(5-6-14(11)23-16)18-15(21)13-7-9-3-1-2-4-12(9)22-13/h1-8H,17H2,(H,18,21)(H,19,20). The Morgan fingerprint density at radius 2 is 2.04 bits per heavy atom. The summed E-state index contributed by atoms with van der Waals surface area (Å²) in [5.74, 6) is 5.34. The van der Waals surface area contributed by atoms with Gasteiger partial charge in [-0.05, 0) is 30.3 Å². The Labute approximate surface area is 134 Å². The Hall–Kier alpha value is -2.90. The molecule has 0 saturated heterocycles. The van der Waals surface area contributed by atoms with Crippen LogP contribution in [0.25, 0.3) is 21.2 Å². The van der Waals surface area contributed by atoms with E-state index in [1.807, 2.05) is 36.4 Å². The number of furan rings is 1. The third-order valence-electron chi connectivity index (χ3n) is 3.42. The lowest BCUT2D eigenvalue weighted by Crippen LogP contribution is -2.10. The summed E-state index contributed by atoms with van der Waals surface area (Å²) >= 11 is 1.45. The zero-order valence-corrected chi connectivity index (χ0v) is 12.7. The molecular weight excluding hydrogens is 312 g/mol. The van der Waals surface area contributed by atoms with Crippen molar-refractivity contribution in [1.82, 2.24) is 4.98 Å². The first-order chi connectivity index (χ1) is 11.2. The number of nitrogen functional groups attached to an aromatic ring is 1. The molecule has 0 radical (unpaired) electrons. The molecule has 4 N–H and O–H groups in total. The number of rotatable bonds is 3. The summed E-state index contributed by atoms with van der Waals surface area (Å²) in [6.07, 6.45) is 0. The van der Waals surface area contributed by atoms with Crippen LogP contribution in [-0.2, 0) is 0 Å². The Morgan fingerprint density at radius 1 is 1.17 bits per heavy atom. The van der Waals surface area contributed by atoms with Gasteiger partial charge >= 0.3 is 0 Å². The van der Waals surface area contributed by atoms with Crippen LogP contribution in [0, 0.1) is 0 Å². The fraction of sp³-hybridized carbons (Fsp3) is 0. The summed E-state index contributed by atoms with van der Waals surface area (Å²) < 4.78 is 6.54. The van der Waals surface area contributed by atoms with Crippen molar-refractivity contribution in [1.29, 1.82) is 0 Å². The van der Waals surface area contributed by atoms with Crippen molar-refractivity contribution in [3.8, 4) is 0 Å². The van der Waals surface area contributed by atoms with E-state index in [0.29, 0.717) is 16.4 Å². The molecule has 0 aliphatic rings. The second-order valence-electron chi connectivity index (χ2n) is 4.95. The van der Waals surface area contributed by atoms with Crippen LogP contribution < -0.4 is 16.6 Å². The zero-order chi connectivity index (χ0) is 15.8. The van der Waals surface area contributed by atoms with Crippen molar-refractivity contribution in [3.63, 3.8) is 0 Å². The number of aromatic nitrogens is 1. The second kappa shape index (κ2) is 5.38. The molecule has 0 saturated carbocycles. The van der Waals surface area contributed by atoms with Gasteiger partial charge in [0.25, 0.3) is 5.91 Å². The van der Waals surface area contributed by atoms with E-state index in [1.54, 1.807) is 12.1 Å². The second-order valence-corrected chi connectivity index (χ2v) is 5.98. The molecule has 4 rings (SSSR count). The molecule has 0 atom stereocenters. The van der Waals surface area contributed by atoms with Crippen LogP contribution in [-0.4, -0.2) is 10.9 Å². The average molecular weight is 324 g/mol. The summed E-state index contributed by atoms with van der Waals surface area (Å²) in [5, 5.41) is 4.34. The summed E-state index contributed by atoms with van der Waals surface area (Å²) in [7, 11) is 0. The fourth-order valence-corrected chi connectivity index (χ4v) is 3.11. The number of thiazole rings is 1. The van der Waals surface area contributed by atoms with Gasteiger partial charge in [-0.15, -0.1) is 0 Å². The number of anilines is 2. The van der Waals surface area contributed by atoms with Gasteiger partial charge in [0.15, 0.2) is 10.9 Å². The normalized spacial score (nSPS) is 11.0. The molecule has 2 aromatic carbocycles. The minimum Gasteiger partial charge on any atom is -0.451 e. The molecule has 0 unspecified atom stereocenters. The van der Waals surface area contributed by atoms with Gasteiger partial charge in [-0.25, -0.2) is 10.8 Å². The monoisotopic (exact) mass is 324 g/mol. The lowest BCUT2D eigenvalue weighted by molar-refractivity contribution is 0.0998. The molecule has 0 aliphatic carbocycles. The van der Waals surface area contributed by atoms with Crippen molar-refractivity contribution >= 4 is 49.2 Å². The Bertz CT molecular complexity index is 988. The average Bonchev–Trinajstić information content (AvgIpc) is 3.17. The highest BCUT2D eigenvalue weighted by atomic mass is 32.1. The molecule has 114 valence electrons. The van der Waals surface area contributed by atoms with Crippen LogP contribution in [0.2, 0.25) is 0 Å². The predicted molar refractivity (Wildman–Crippen MR) is 91.6 cm³/mol. The third-order valence-corrected chi connectivity index (χ3v) is 4.39. The summed E-state index contributed by atoms with van der Waals surface area (Å²) in [4.78, 5) is 16.6. The van der Waals surface area contributed by atoms with Crippen molar-refractivity contribution in [2.45, 2.75) is 0 Å². The van der Waals surface area contributed by atoms with E-state index < -0.39 is 0 Å². The number of hydrazine groups is 1. The minimum absolute atomic E-state index is 0.272. The van der Waals surface area contributed by atoms with Crippen LogP contribution in [0.3, 0.4) is 0 Å². The van der Waals surface area contributed by atoms with Crippen LogP contribution >= 0.6 is 11.3 Å². The number of nitrogens with two attached hydrogens (primary N) is 1. The van der Waals surface area contributed by atoms with E-state index in [2.05, 4.69) is 15.7 Å². The smallest absolute Gasteiger partial charge is 0.291 e. The topological polar surface area (TPSA) is 93.2 Å². The molecule has 2 heterocycles. The maximum atomic E-state index is 12.3. The number of amides is 1. The first-order valence-corrected chi connectivity index (χ1v) is 7.72. The molecular formula is C16H12N4O2S. The number of hydrogen-bond acceptors (Lipinski definition) is 6. The van der Waals surface area contributed by atoms with Crippen LogP contribution in [0.4, 0.5) is 10.8 Å². The van der Waals surface area contributed by atoms with Crippen molar-refractivity contribution in [2.24, 2.45) is 5.84 Å². The summed E-state index contributed by atoms with van der Waals surface area (Å²) in [6.45, 7) is 0. The Kier molecular flexibility index (Phi) is 3.22. The first-order valence-electron chi connectivity index (χ1n) is 6.90. The van der Waals surface area contributed by atoms with Gasteiger partial charge in [0.05, 0.1) is 10.2 Å². The van der Waals surface area contributed by atoms with Crippen LogP contribution in [0.5, 0.6) is 0 Å². The largest absolute Gasteiger partial charge is 0.451 e. The van der Waals surface area contributed by atoms with Crippen molar-refractivity contribution < 1.29 is 9.21 Å². The van der Waals surface area contributed by atoms with Gasteiger partial charge in [0.2, 0.25) is 0 Å². The highest BCUT2D eigenvalue weighted by molar-refractivity contribution is 7.22. The maximum absolute atomic E-state index is 12.3. The van der Waals surface area contributed by atoms with Gasteiger partial charge in [0, 0.05) is 11.1 Å². The highest BCUT2D eigenvalue weighted by Crippen LogP contribution is 2.28. The molecule has 23 heavy (non-hydrogen) atoms. The number of carbonyl (C=O) groups is 1. The molecule has 1 amide bonds. The van der Waals surface area contributed by atoms with E-state index in [-0.39, 0.29) is 11.7 Å². The molecule has 0 fully saturated rings. The molecule has 0 spiro atoms. The highest BCUT2D eigenvalue weighted by Gasteiger charge is 2.13. The van der Waals surface area contributed by atoms with E-state index in [0.717, 1.165) is 15.6 Å². The minimum atomic E-state index is -0.298. The predicted octanol–water partition coefficient (Wildman–Crippen LogP) is 3.58. The number of benzene rings is 2. The maximum Gasteiger partial charge on any atom is 0.291 e. The van der Waals surface area contributed by atoms with Gasteiger partial charge in [-0.1, -0.05) is 29.5 Å². The number of carbonyl (C=O) groups excluding carboxylic acids is 1. The van der Waals surface area contributed by atoms with E-state index in [4.69, 9.17) is 10.3 Å². The fourth-order valence-electron chi connectivity index (χ4n) is 2.35. The first kappa shape index (κ1) is 13.7. The quantitative estimate of drug-likeness (QED) is 0.395. The number of para-hydroxylation sites is 1. The Balaban J connectivity index is 1.62. The number of nitrogens with one attached hydrogen (secondary N) is 2. The summed E-state index contributed by atoms with van der Waals surface area (Å²) in [6, 6.07) is 14.7. The molecule has 0 aliphatic heterocycles. The van der Waals surface area contributed by atoms with Gasteiger partial charge in [0.1, 0.15) is 5.58 Å². The van der Waals surface area contributed by atoms with E-state index in [9.17, 15) is 4.79 Å². The van der Waals surface area contributed by atoms with E-state index >= 15 is 0 Å². The number of fused-ring (bicyclic) bond motifs is 2. The number of nitrogens with zero attached hydrogens (tertiary/aromatic N) is 1. The van der Waals surface area contributed by atoms with E-state index in [1.165, 1.54) is 11.3 Å².